The van der Waals surface area contributed by atoms with Crippen LogP contribution >= 0.6 is 0 Å². The monoisotopic (exact) mass is 340 g/mol. The van der Waals surface area contributed by atoms with Gasteiger partial charge in [-0.3, -0.25) is 9.59 Å². The highest BCUT2D eigenvalue weighted by molar-refractivity contribution is 5.98. The minimum absolute atomic E-state index is 0.290. The van der Waals surface area contributed by atoms with E-state index in [0.29, 0.717) is 12.0 Å². The van der Waals surface area contributed by atoms with Crippen LogP contribution in [0.1, 0.15) is 15.9 Å². The van der Waals surface area contributed by atoms with E-state index in [1.165, 1.54) is 7.05 Å². The maximum absolute atomic E-state index is 12.5. The molecule has 0 bridgehead atoms. The van der Waals surface area contributed by atoms with E-state index in [1.54, 1.807) is 30.3 Å². The Labute approximate surface area is 146 Å². The SMILES string of the molecule is CN(CC(=O)C(Cc1ccccc1)NC(=O)c1ccccc1)C(=O)O. The van der Waals surface area contributed by atoms with Crippen LogP contribution in [0.4, 0.5) is 4.79 Å². The number of carboxylic acid groups (broad SMARTS) is 1. The van der Waals surface area contributed by atoms with Gasteiger partial charge in [-0.15, -0.1) is 0 Å². The van der Waals surface area contributed by atoms with Crippen molar-refractivity contribution in [1.29, 1.82) is 0 Å². The van der Waals surface area contributed by atoms with E-state index in [0.717, 1.165) is 10.5 Å². The number of carbonyl (C=O) groups excluding carboxylic acids is 2. The van der Waals surface area contributed by atoms with Crippen molar-refractivity contribution in [3.05, 3.63) is 71.8 Å². The number of rotatable bonds is 7. The maximum Gasteiger partial charge on any atom is 0.407 e. The zero-order chi connectivity index (χ0) is 18.2. The van der Waals surface area contributed by atoms with Crippen molar-refractivity contribution >= 4 is 17.8 Å². The number of hydrogen-bond acceptors (Lipinski definition) is 3. The summed E-state index contributed by atoms with van der Waals surface area (Å²) in [5.41, 5.74) is 1.33. The fourth-order valence-electron chi connectivity index (χ4n) is 2.34. The van der Waals surface area contributed by atoms with Crippen LogP contribution in [0.15, 0.2) is 60.7 Å². The minimum Gasteiger partial charge on any atom is -0.465 e. The normalized spacial score (nSPS) is 11.4. The molecule has 6 nitrogen and oxygen atoms in total. The second-order valence-electron chi connectivity index (χ2n) is 5.69. The van der Waals surface area contributed by atoms with Crippen LogP contribution in [-0.4, -0.2) is 47.4 Å². The van der Waals surface area contributed by atoms with Gasteiger partial charge in [-0.1, -0.05) is 48.5 Å². The van der Waals surface area contributed by atoms with E-state index in [-0.39, 0.29) is 18.2 Å². The Kier molecular flexibility index (Phi) is 6.28. The number of carbonyl (C=O) groups is 3. The Morgan fingerprint density at radius 1 is 1.00 bits per heavy atom. The standard InChI is InChI=1S/C19H20N2O4/c1-21(19(24)25)13-17(22)16(12-14-8-4-2-5-9-14)20-18(23)15-10-6-3-7-11-15/h2-11,16H,12-13H2,1H3,(H,20,23)(H,24,25). The number of Topliss-reactive ketones (excluding diaryl/α,β-unsaturated/α-hetero) is 1. The largest absolute Gasteiger partial charge is 0.465 e. The first-order valence-electron chi connectivity index (χ1n) is 7.84. The van der Waals surface area contributed by atoms with Crippen LogP contribution in [-0.2, 0) is 11.2 Å². The number of amides is 2. The zero-order valence-corrected chi connectivity index (χ0v) is 13.9. The molecule has 0 radical (unpaired) electrons. The molecule has 0 saturated heterocycles. The molecule has 0 aliphatic rings. The summed E-state index contributed by atoms with van der Waals surface area (Å²) in [5, 5.41) is 11.7. The van der Waals surface area contributed by atoms with Crippen LogP contribution in [0.5, 0.6) is 0 Å². The number of nitrogens with zero attached hydrogens (tertiary/aromatic N) is 1. The molecule has 2 aromatic carbocycles. The van der Waals surface area contributed by atoms with E-state index in [1.807, 2.05) is 30.3 Å². The van der Waals surface area contributed by atoms with Gasteiger partial charge in [-0.2, -0.15) is 0 Å². The lowest BCUT2D eigenvalue weighted by Crippen LogP contribution is -2.46. The van der Waals surface area contributed by atoms with Gasteiger partial charge in [0.15, 0.2) is 5.78 Å². The first kappa shape index (κ1) is 18.2. The van der Waals surface area contributed by atoms with Crippen molar-refractivity contribution in [3.63, 3.8) is 0 Å². The van der Waals surface area contributed by atoms with Crippen molar-refractivity contribution in [2.45, 2.75) is 12.5 Å². The van der Waals surface area contributed by atoms with E-state index in [9.17, 15) is 14.4 Å². The molecular formula is C19H20N2O4. The van der Waals surface area contributed by atoms with Gasteiger partial charge in [0.1, 0.15) is 0 Å². The molecule has 0 heterocycles. The molecule has 2 amide bonds. The fourth-order valence-corrected chi connectivity index (χ4v) is 2.34. The second kappa shape index (κ2) is 8.63. The van der Waals surface area contributed by atoms with E-state index < -0.39 is 12.1 Å². The molecule has 0 saturated carbocycles. The lowest BCUT2D eigenvalue weighted by atomic mass is 10.0. The number of ketones is 1. The van der Waals surface area contributed by atoms with Gasteiger partial charge < -0.3 is 15.3 Å². The number of hydrogen-bond donors (Lipinski definition) is 2. The van der Waals surface area contributed by atoms with Crippen molar-refractivity contribution in [2.75, 3.05) is 13.6 Å². The van der Waals surface area contributed by atoms with Crippen LogP contribution in [0, 0.1) is 0 Å². The fraction of sp³-hybridized carbons (Fsp3) is 0.211. The summed E-state index contributed by atoms with van der Waals surface area (Å²) in [6.07, 6.45) is -0.896. The second-order valence-corrected chi connectivity index (χ2v) is 5.69. The molecule has 2 aromatic rings. The third-order valence-electron chi connectivity index (χ3n) is 3.73. The Bertz CT molecular complexity index is 732. The summed E-state index contributed by atoms with van der Waals surface area (Å²) in [4.78, 5) is 36.7. The average molecular weight is 340 g/mol. The van der Waals surface area contributed by atoms with Gasteiger partial charge in [0, 0.05) is 12.6 Å². The summed E-state index contributed by atoms with van der Waals surface area (Å²) >= 11 is 0. The first-order valence-corrected chi connectivity index (χ1v) is 7.84. The smallest absolute Gasteiger partial charge is 0.407 e. The van der Waals surface area contributed by atoms with E-state index >= 15 is 0 Å². The van der Waals surface area contributed by atoms with Gasteiger partial charge in [0.2, 0.25) is 0 Å². The van der Waals surface area contributed by atoms with Gasteiger partial charge >= 0.3 is 6.09 Å². The van der Waals surface area contributed by atoms with Crippen LogP contribution in [0.3, 0.4) is 0 Å². The molecule has 0 aromatic heterocycles. The summed E-state index contributed by atoms with van der Waals surface area (Å²) in [5.74, 6) is -0.731. The predicted octanol–water partition coefficient (Wildman–Crippen LogP) is 2.21. The summed E-state index contributed by atoms with van der Waals surface area (Å²) in [6.45, 7) is -0.290. The van der Waals surface area contributed by atoms with E-state index in [2.05, 4.69) is 5.32 Å². The van der Waals surface area contributed by atoms with Crippen molar-refractivity contribution in [2.24, 2.45) is 0 Å². The van der Waals surface area contributed by atoms with Gasteiger partial charge in [-0.25, -0.2) is 4.79 Å². The topological polar surface area (TPSA) is 86.7 Å². The Morgan fingerprint density at radius 3 is 2.12 bits per heavy atom. The molecular weight excluding hydrogens is 320 g/mol. The first-order chi connectivity index (χ1) is 12.0. The molecule has 25 heavy (non-hydrogen) atoms. The Balaban J connectivity index is 2.15. The molecule has 130 valence electrons. The molecule has 6 heteroatoms. The average Bonchev–Trinajstić information content (AvgIpc) is 2.62. The molecule has 1 atom stereocenters. The highest BCUT2D eigenvalue weighted by Gasteiger charge is 2.24. The minimum atomic E-state index is -1.19. The summed E-state index contributed by atoms with van der Waals surface area (Å²) in [7, 11) is 1.32. The Morgan fingerprint density at radius 2 is 1.56 bits per heavy atom. The molecule has 0 spiro atoms. The molecule has 0 aliphatic carbocycles. The van der Waals surface area contributed by atoms with Crippen molar-refractivity contribution < 1.29 is 19.5 Å². The third kappa shape index (κ3) is 5.46. The lowest BCUT2D eigenvalue weighted by Gasteiger charge is -2.20. The van der Waals surface area contributed by atoms with Crippen LogP contribution in [0.2, 0.25) is 0 Å². The molecule has 0 fully saturated rings. The zero-order valence-electron chi connectivity index (χ0n) is 13.9. The quantitative estimate of drug-likeness (QED) is 0.809. The molecule has 2 rings (SSSR count). The highest BCUT2D eigenvalue weighted by Crippen LogP contribution is 2.07. The van der Waals surface area contributed by atoms with Crippen molar-refractivity contribution in [3.8, 4) is 0 Å². The van der Waals surface area contributed by atoms with Gasteiger partial charge in [0.05, 0.1) is 12.6 Å². The van der Waals surface area contributed by atoms with E-state index in [4.69, 9.17) is 5.11 Å². The van der Waals surface area contributed by atoms with Gasteiger partial charge in [0.25, 0.3) is 5.91 Å². The number of nitrogens with one attached hydrogen (secondary N) is 1. The highest BCUT2D eigenvalue weighted by atomic mass is 16.4. The summed E-state index contributed by atoms with van der Waals surface area (Å²) < 4.78 is 0. The maximum atomic E-state index is 12.5. The molecule has 0 aliphatic heterocycles. The Hall–Kier alpha value is -3.15. The van der Waals surface area contributed by atoms with Crippen LogP contribution in [0.25, 0.3) is 0 Å². The predicted molar refractivity (Wildman–Crippen MR) is 93.5 cm³/mol. The molecule has 2 N–H and O–H groups in total. The summed E-state index contributed by atoms with van der Waals surface area (Å²) in [6, 6.07) is 17.0. The molecule has 1 unspecified atom stereocenters. The number of benzene rings is 2. The van der Waals surface area contributed by atoms with Gasteiger partial charge in [-0.05, 0) is 24.1 Å². The lowest BCUT2D eigenvalue weighted by molar-refractivity contribution is -0.121. The van der Waals surface area contributed by atoms with Crippen molar-refractivity contribution in [1.82, 2.24) is 10.2 Å². The third-order valence-corrected chi connectivity index (χ3v) is 3.73. The van der Waals surface area contributed by atoms with Crippen LogP contribution < -0.4 is 5.32 Å². The number of likely N-dealkylation sites (N-methyl/N-ethyl adjacent to an activating group) is 1.